The van der Waals surface area contributed by atoms with Gasteiger partial charge in [-0.2, -0.15) is 0 Å². The van der Waals surface area contributed by atoms with Crippen molar-refractivity contribution >= 4 is 57.3 Å². The first-order chi connectivity index (χ1) is 17.0. The maximum Gasteiger partial charge on any atom is 0.301 e. The Morgan fingerprint density at radius 2 is 1.83 bits per heavy atom. The lowest BCUT2D eigenvalue weighted by Gasteiger charge is -2.22. The predicted molar refractivity (Wildman–Crippen MR) is 134 cm³/mol. The first-order valence-corrected chi connectivity index (χ1v) is 12.5. The number of Topliss-reactive ketones (excluding diaryl/α,β-unsaturated/α-hetero) is 1. The highest BCUT2D eigenvalue weighted by molar-refractivity contribution is 8.00. The Hall–Kier alpha value is -3.60. The minimum Gasteiger partial charge on any atom is -0.507 e. The molecule has 0 saturated carbocycles. The lowest BCUT2D eigenvalue weighted by molar-refractivity contribution is -0.132. The highest BCUT2D eigenvalue weighted by atomic mass is 35.5. The molecular weight excluding hydrogens is 506 g/mol. The topological polar surface area (TPSA) is 109 Å². The molecule has 1 unspecified atom stereocenters. The van der Waals surface area contributed by atoms with Gasteiger partial charge in [0.2, 0.25) is 5.13 Å². The second-order valence-electron chi connectivity index (χ2n) is 7.42. The van der Waals surface area contributed by atoms with Crippen LogP contribution >= 0.6 is 34.7 Å². The van der Waals surface area contributed by atoms with Crippen molar-refractivity contribution in [2.24, 2.45) is 0 Å². The van der Waals surface area contributed by atoms with Gasteiger partial charge in [0.15, 0.2) is 4.34 Å². The second-order valence-corrected chi connectivity index (χ2v) is 10.0. The van der Waals surface area contributed by atoms with Crippen LogP contribution < -0.4 is 4.90 Å². The Morgan fingerprint density at radius 1 is 1.03 bits per heavy atom. The van der Waals surface area contributed by atoms with Crippen molar-refractivity contribution < 1.29 is 14.7 Å². The Balaban J connectivity index is 1.52. The van der Waals surface area contributed by atoms with Crippen LogP contribution in [0.2, 0.25) is 5.02 Å². The number of benzene rings is 1. The van der Waals surface area contributed by atoms with Gasteiger partial charge >= 0.3 is 5.91 Å². The van der Waals surface area contributed by atoms with Gasteiger partial charge in [-0.25, -0.2) is 0 Å². The first-order valence-electron chi connectivity index (χ1n) is 10.4. The number of carbonyl (C=O) groups is 2. The summed E-state index contributed by atoms with van der Waals surface area (Å²) < 4.78 is 0.612. The molecule has 1 aromatic carbocycles. The third-order valence-corrected chi connectivity index (χ3v) is 7.78. The Labute approximate surface area is 213 Å². The van der Waals surface area contributed by atoms with E-state index in [1.807, 2.05) is 24.3 Å². The number of anilines is 1. The van der Waals surface area contributed by atoms with Gasteiger partial charge in [-0.05, 0) is 35.4 Å². The maximum atomic E-state index is 13.2. The average Bonchev–Trinajstić information content (AvgIpc) is 3.46. The summed E-state index contributed by atoms with van der Waals surface area (Å²) >= 11 is 8.85. The number of hydrogen-bond acceptors (Lipinski definition) is 9. The molecule has 0 spiro atoms. The van der Waals surface area contributed by atoms with Crippen LogP contribution in [-0.4, -0.2) is 37.0 Å². The molecule has 1 amide bonds. The van der Waals surface area contributed by atoms with E-state index < -0.39 is 17.7 Å². The number of ketones is 1. The van der Waals surface area contributed by atoms with E-state index in [0.29, 0.717) is 26.2 Å². The van der Waals surface area contributed by atoms with Gasteiger partial charge in [-0.3, -0.25) is 24.5 Å². The Morgan fingerprint density at radius 3 is 2.57 bits per heavy atom. The average molecular weight is 522 g/mol. The molecule has 174 valence electrons. The van der Waals surface area contributed by atoms with Gasteiger partial charge in [-0.1, -0.05) is 59.0 Å². The summed E-state index contributed by atoms with van der Waals surface area (Å²) in [6.45, 7) is 0. The summed E-state index contributed by atoms with van der Waals surface area (Å²) in [4.78, 5) is 35.7. The van der Waals surface area contributed by atoms with Crippen molar-refractivity contribution in [1.82, 2.24) is 20.2 Å². The summed E-state index contributed by atoms with van der Waals surface area (Å²) in [7, 11) is 0. The molecule has 0 radical (unpaired) electrons. The molecular formula is C24H16ClN5O3S2. The zero-order valence-electron chi connectivity index (χ0n) is 17.9. The number of hydrogen-bond donors (Lipinski definition) is 1. The van der Waals surface area contributed by atoms with Gasteiger partial charge in [0, 0.05) is 41.1 Å². The van der Waals surface area contributed by atoms with Gasteiger partial charge < -0.3 is 5.11 Å². The predicted octanol–water partition coefficient (Wildman–Crippen LogP) is 4.90. The fourth-order valence-corrected chi connectivity index (χ4v) is 5.81. The Bertz CT molecular complexity index is 1430. The van der Waals surface area contributed by atoms with Crippen LogP contribution in [0.5, 0.6) is 0 Å². The zero-order valence-corrected chi connectivity index (χ0v) is 20.3. The molecule has 35 heavy (non-hydrogen) atoms. The highest BCUT2D eigenvalue weighted by Gasteiger charge is 2.48. The largest absolute Gasteiger partial charge is 0.507 e. The van der Waals surface area contributed by atoms with E-state index in [0.717, 1.165) is 5.56 Å². The number of aliphatic hydroxyl groups is 1. The van der Waals surface area contributed by atoms with Crippen LogP contribution in [0.4, 0.5) is 5.13 Å². The fourth-order valence-electron chi connectivity index (χ4n) is 3.66. The summed E-state index contributed by atoms with van der Waals surface area (Å²) in [5.74, 6) is -1.33. The standard InChI is InChI=1S/C24H16ClN5O3S2/c25-17-6-2-1-4-16(17)13-34-24-29-28-23(35-24)30-19(15-5-3-9-27-12-15)18(21(32)22(30)33)20(31)14-7-10-26-11-8-14/h1-12,19,31H,13H2/b20-18+. The third-order valence-electron chi connectivity index (χ3n) is 5.31. The van der Waals surface area contributed by atoms with Gasteiger partial charge in [0.1, 0.15) is 5.76 Å². The number of pyridine rings is 2. The van der Waals surface area contributed by atoms with E-state index in [-0.39, 0.29) is 16.5 Å². The van der Waals surface area contributed by atoms with Gasteiger partial charge in [0.05, 0.1) is 11.6 Å². The van der Waals surface area contributed by atoms with Crippen molar-refractivity contribution in [2.75, 3.05) is 4.90 Å². The van der Waals surface area contributed by atoms with Crippen molar-refractivity contribution in [3.63, 3.8) is 0 Å². The monoisotopic (exact) mass is 521 g/mol. The van der Waals surface area contributed by atoms with Crippen LogP contribution in [0, 0.1) is 0 Å². The van der Waals surface area contributed by atoms with E-state index in [1.165, 1.54) is 40.4 Å². The molecule has 1 atom stereocenters. The summed E-state index contributed by atoms with van der Waals surface area (Å²) in [6, 6.07) is 13.2. The quantitative estimate of drug-likeness (QED) is 0.125. The second kappa shape index (κ2) is 9.95. The molecule has 3 aromatic heterocycles. The number of aliphatic hydroxyl groups excluding tert-OH is 1. The summed E-state index contributed by atoms with van der Waals surface area (Å²) in [5.41, 5.74) is 1.83. The van der Waals surface area contributed by atoms with E-state index in [9.17, 15) is 14.7 Å². The molecule has 1 aliphatic rings. The smallest absolute Gasteiger partial charge is 0.301 e. The fraction of sp³-hybridized carbons (Fsp3) is 0.0833. The van der Waals surface area contributed by atoms with Crippen LogP contribution in [0.25, 0.3) is 5.76 Å². The third kappa shape index (κ3) is 4.55. The highest BCUT2D eigenvalue weighted by Crippen LogP contribution is 2.43. The number of carbonyl (C=O) groups excluding carboxylic acids is 2. The molecule has 1 N–H and O–H groups in total. The van der Waals surface area contributed by atoms with E-state index in [4.69, 9.17) is 11.6 Å². The number of aromatic nitrogens is 4. The zero-order chi connectivity index (χ0) is 24.4. The van der Waals surface area contributed by atoms with E-state index in [2.05, 4.69) is 20.2 Å². The SMILES string of the molecule is O=C1C(=O)N(c2nnc(SCc3ccccc3Cl)s2)C(c2cccnc2)/C1=C(\O)c1ccncc1. The molecule has 4 heterocycles. The van der Waals surface area contributed by atoms with Crippen LogP contribution in [0.15, 0.2) is 83.2 Å². The van der Waals surface area contributed by atoms with Crippen molar-refractivity contribution in [3.05, 3.63) is 101 Å². The molecule has 4 aromatic rings. The molecule has 1 fully saturated rings. The lowest BCUT2D eigenvalue weighted by Crippen LogP contribution is -2.29. The number of thioether (sulfide) groups is 1. The Kier molecular flexibility index (Phi) is 6.58. The summed E-state index contributed by atoms with van der Waals surface area (Å²) in [6.07, 6.45) is 6.14. The van der Waals surface area contributed by atoms with Crippen LogP contribution in [0.1, 0.15) is 22.7 Å². The number of rotatable bonds is 6. The van der Waals surface area contributed by atoms with Crippen molar-refractivity contribution in [3.8, 4) is 0 Å². The maximum absolute atomic E-state index is 13.2. The van der Waals surface area contributed by atoms with Crippen LogP contribution in [-0.2, 0) is 15.3 Å². The summed E-state index contributed by atoms with van der Waals surface area (Å²) in [5, 5.41) is 20.3. The molecule has 0 aliphatic carbocycles. The van der Waals surface area contributed by atoms with E-state index in [1.54, 1.807) is 36.7 Å². The minimum atomic E-state index is -0.911. The molecule has 11 heteroatoms. The molecule has 8 nitrogen and oxygen atoms in total. The van der Waals surface area contributed by atoms with Gasteiger partial charge in [-0.15, -0.1) is 10.2 Å². The first kappa shape index (κ1) is 23.2. The minimum absolute atomic E-state index is 0.0466. The molecule has 1 aliphatic heterocycles. The normalized spacial score (nSPS) is 17.2. The molecule has 1 saturated heterocycles. The number of amides is 1. The van der Waals surface area contributed by atoms with E-state index >= 15 is 0 Å². The number of halogens is 1. The van der Waals surface area contributed by atoms with Crippen LogP contribution in [0.3, 0.4) is 0 Å². The lowest BCUT2D eigenvalue weighted by atomic mass is 9.97. The molecule has 0 bridgehead atoms. The van der Waals surface area contributed by atoms with Crippen molar-refractivity contribution in [2.45, 2.75) is 16.1 Å². The van der Waals surface area contributed by atoms with Crippen molar-refractivity contribution in [1.29, 1.82) is 0 Å². The van der Waals surface area contributed by atoms with Gasteiger partial charge in [0.25, 0.3) is 5.78 Å². The molecule has 5 rings (SSSR count). The number of nitrogens with zero attached hydrogens (tertiary/aromatic N) is 5.